The minimum Gasteiger partial charge on any atom is -0.448 e. The zero-order chi connectivity index (χ0) is 16.1. The van der Waals surface area contributed by atoms with E-state index in [1.165, 1.54) is 17.6 Å². The number of hydrogen-bond donors (Lipinski definition) is 1. The van der Waals surface area contributed by atoms with Crippen LogP contribution in [0.2, 0.25) is 0 Å². The largest absolute Gasteiger partial charge is 0.448 e. The highest BCUT2D eigenvalue weighted by Crippen LogP contribution is 2.18. The van der Waals surface area contributed by atoms with Gasteiger partial charge in [0.2, 0.25) is 5.13 Å². The molecule has 9 heteroatoms. The fraction of sp³-hybridized carbons (Fsp3) is 0.571. The van der Waals surface area contributed by atoms with E-state index in [9.17, 15) is 4.79 Å². The molecule has 1 N–H and O–H groups in total. The van der Waals surface area contributed by atoms with Gasteiger partial charge in [-0.25, -0.2) is 4.98 Å². The molecule has 0 aromatic carbocycles. The Morgan fingerprint density at radius 1 is 1.57 bits per heavy atom. The van der Waals surface area contributed by atoms with Crippen LogP contribution in [0.5, 0.6) is 0 Å². The zero-order valence-electron chi connectivity index (χ0n) is 12.9. The van der Waals surface area contributed by atoms with E-state index in [0.29, 0.717) is 31.3 Å². The highest BCUT2D eigenvalue weighted by molar-refractivity contribution is 7.13. The van der Waals surface area contributed by atoms with Crippen molar-refractivity contribution in [1.29, 1.82) is 0 Å². The van der Waals surface area contributed by atoms with Gasteiger partial charge in [-0.05, 0) is 6.42 Å². The fourth-order valence-corrected chi connectivity index (χ4v) is 2.96. The van der Waals surface area contributed by atoms with Crippen LogP contribution in [0.1, 0.15) is 29.7 Å². The van der Waals surface area contributed by atoms with E-state index in [1.807, 2.05) is 6.92 Å². The van der Waals surface area contributed by atoms with Gasteiger partial charge in [0.1, 0.15) is 11.8 Å². The third kappa shape index (κ3) is 4.05. The van der Waals surface area contributed by atoms with E-state index in [0.717, 1.165) is 24.5 Å². The first-order valence-electron chi connectivity index (χ1n) is 7.61. The van der Waals surface area contributed by atoms with Crippen LogP contribution < -0.4 is 10.2 Å². The summed E-state index contributed by atoms with van der Waals surface area (Å²) in [4.78, 5) is 18.4. The van der Waals surface area contributed by atoms with Gasteiger partial charge in [0.25, 0.3) is 5.91 Å². The molecule has 1 fully saturated rings. The van der Waals surface area contributed by atoms with E-state index < -0.39 is 0 Å². The zero-order valence-corrected chi connectivity index (χ0v) is 13.7. The first-order valence-corrected chi connectivity index (χ1v) is 8.49. The van der Waals surface area contributed by atoms with Crippen molar-refractivity contribution in [3.8, 4) is 0 Å². The van der Waals surface area contributed by atoms with E-state index in [-0.39, 0.29) is 12.0 Å². The van der Waals surface area contributed by atoms with Crippen LogP contribution in [-0.4, -0.2) is 53.4 Å². The quantitative estimate of drug-likeness (QED) is 0.844. The van der Waals surface area contributed by atoms with Gasteiger partial charge in [0, 0.05) is 26.1 Å². The number of aromatic nitrogens is 3. The molecular weight excluding hydrogens is 318 g/mol. The lowest BCUT2D eigenvalue weighted by Gasteiger charge is -2.32. The average Bonchev–Trinajstić information content (AvgIpc) is 3.25. The normalized spacial score (nSPS) is 18.1. The molecule has 0 radical (unpaired) electrons. The summed E-state index contributed by atoms with van der Waals surface area (Å²) in [7, 11) is 0. The van der Waals surface area contributed by atoms with Gasteiger partial charge in [0.05, 0.1) is 12.7 Å². The lowest BCUT2D eigenvalue weighted by Crippen LogP contribution is -2.47. The van der Waals surface area contributed by atoms with Gasteiger partial charge in [0.15, 0.2) is 11.6 Å². The number of amides is 1. The van der Waals surface area contributed by atoms with Crippen LogP contribution in [-0.2, 0) is 11.2 Å². The Hall–Kier alpha value is -2.00. The number of carbonyl (C=O) groups excluding carboxylic acids is 1. The lowest BCUT2D eigenvalue weighted by atomic mass is 10.2. The third-order valence-corrected chi connectivity index (χ3v) is 4.25. The molecule has 1 saturated heterocycles. The molecule has 0 aliphatic carbocycles. The molecule has 124 valence electrons. The maximum atomic E-state index is 12.1. The average molecular weight is 337 g/mol. The number of rotatable bonds is 6. The fourth-order valence-electron chi connectivity index (χ4n) is 2.36. The Kier molecular flexibility index (Phi) is 5.19. The molecule has 23 heavy (non-hydrogen) atoms. The van der Waals surface area contributed by atoms with Gasteiger partial charge in [-0.3, -0.25) is 4.79 Å². The van der Waals surface area contributed by atoms with Crippen LogP contribution >= 0.6 is 11.3 Å². The number of morpholine rings is 1. The molecule has 3 rings (SSSR count). The molecule has 1 unspecified atom stereocenters. The Bertz CT molecular complexity index is 630. The first kappa shape index (κ1) is 15.9. The Morgan fingerprint density at radius 3 is 3.26 bits per heavy atom. The van der Waals surface area contributed by atoms with Crippen LogP contribution in [0.4, 0.5) is 5.13 Å². The predicted octanol–water partition coefficient (Wildman–Crippen LogP) is 1.11. The Labute approximate surface area is 137 Å². The minimum absolute atomic E-state index is 0.0846. The molecular formula is C14H19N5O3S. The number of hydrogen-bond acceptors (Lipinski definition) is 8. The van der Waals surface area contributed by atoms with Crippen molar-refractivity contribution in [2.75, 3.05) is 31.1 Å². The molecule has 2 aromatic heterocycles. The summed E-state index contributed by atoms with van der Waals surface area (Å²) in [6.07, 6.45) is 2.98. The topological polar surface area (TPSA) is 93.4 Å². The number of anilines is 1. The highest BCUT2D eigenvalue weighted by atomic mass is 32.1. The standard InChI is InChI=1S/C14H19N5O3S/c1-2-3-12-17-11(8-22-12)13(20)15-6-10-7-19(4-5-21-10)14-18-16-9-23-14/h8-10H,2-7H2,1H3,(H,15,20). The number of ether oxygens (including phenoxy) is 1. The van der Waals surface area contributed by atoms with Crippen molar-refractivity contribution < 1.29 is 13.9 Å². The van der Waals surface area contributed by atoms with E-state index in [1.54, 1.807) is 5.51 Å². The van der Waals surface area contributed by atoms with E-state index in [4.69, 9.17) is 9.15 Å². The van der Waals surface area contributed by atoms with Crippen LogP contribution in [0.25, 0.3) is 0 Å². The number of aryl methyl sites for hydroxylation is 1. The molecule has 8 nitrogen and oxygen atoms in total. The lowest BCUT2D eigenvalue weighted by molar-refractivity contribution is 0.0396. The molecule has 3 heterocycles. The molecule has 1 amide bonds. The summed E-state index contributed by atoms with van der Waals surface area (Å²) >= 11 is 1.50. The summed E-state index contributed by atoms with van der Waals surface area (Å²) in [5.74, 6) is 0.349. The molecule has 1 aliphatic heterocycles. The van der Waals surface area contributed by atoms with Crippen LogP contribution in [0.3, 0.4) is 0 Å². The van der Waals surface area contributed by atoms with Crippen molar-refractivity contribution in [2.24, 2.45) is 0 Å². The smallest absolute Gasteiger partial charge is 0.273 e. The van der Waals surface area contributed by atoms with Gasteiger partial charge in [-0.2, -0.15) is 0 Å². The van der Waals surface area contributed by atoms with Crippen molar-refractivity contribution in [1.82, 2.24) is 20.5 Å². The molecule has 2 aromatic rings. The first-order chi connectivity index (χ1) is 11.3. The van der Waals surface area contributed by atoms with Crippen molar-refractivity contribution in [3.63, 3.8) is 0 Å². The Morgan fingerprint density at radius 2 is 2.48 bits per heavy atom. The minimum atomic E-state index is -0.243. The summed E-state index contributed by atoms with van der Waals surface area (Å²) in [5, 5.41) is 11.6. The van der Waals surface area contributed by atoms with Crippen LogP contribution in [0, 0.1) is 0 Å². The summed E-state index contributed by atoms with van der Waals surface area (Å²) < 4.78 is 11.0. The second kappa shape index (κ2) is 7.51. The number of carbonyl (C=O) groups is 1. The summed E-state index contributed by atoms with van der Waals surface area (Å²) in [5.41, 5.74) is 2.02. The maximum Gasteiger partial charge on any atom is 0.273 e. The summed E-state index contributed by atoms with van der Waals surface area (Å²) in [6, 6.07) is 0. The number of nitrogens with one attached hydrogen (secondary N) is 1. The Balaban J connectivity index is 1.50. The molecule has 1 aliphatic rings. The maximum absolute atomic E-state index is 12.1. The third-order valence-electron chi connectivity index (χ3n) is 3.50. The number of nitrogens with zero attached hydrogens (tertiary/aromatic N) is 4. The van der Waals surface area contributed by atoms with Gasteiger partial charge in [-0.1, -0.05) is 18.3 Å². The second-order valence-electron chi connectivity index (χ2n) is 5.25. The van der Waals surface area contributed by atoms with Crippen molar-refractivity contribution in [3.05, 3.63) is 23.4 Å². The summed E-state index contributed by atoms with van der Waals surface area (Å²) in [6.45, 7) is 4.52. The molecule has 0 spiro atoms. The molecule has 1 atom stereocenters. The molecule has 0 saturated carbocycles. The van der Waals surface area contributed by atoms with E-state index >= 15 is 0 Å². The van der Waals surface area contributed by atoms with E-state index in [2.05, 4.69) is 25.4 Å². The second-order valence-corrected chi connectivity index (χ2v) is 6.06. The predicted molar refractivity (Wildman–Crippen MR) is 84.7 cm³/mol. The molecule has 0 bridgehead atoms. The number of oxazole rings is 1. The monoisotopic (exact) mass is 337 g/mol. The highest BCUT2D eigenvalue weighted by Gasteiger charge is 2.23. The van der Waals surface area contributed by atoms with Crippen molar-refractivity contribution in [2.45, 2.75) is 25.9 Å². The SMILES string of the molecule is CCCc1nc(C(=O)NCC2CN(c3nncs3)CCO2)co1. The van der Waals surface area contributed by atoms with Gasteiger partial charge in [-0.15, -0.1) is 10.2 Å². The van der Waals surface area contributed by atoms with Crippen molar-refractivity contribution >= 4 is 22.4 Å². The van der Waals surface area contributed by atoms with Gasteiger partial charge < -0.3 is 19.4 Å². The van der Waals surface area contributed by atoms with Crippen LogP contribution in [0.15, 0.2) is 16.2 Å². The van der Waals surface area contributed by atoms with Gasteiger partial charge >= 0.3 is 0 Å².